The molecule has 0 aromatic heterocycles. The number of hydrogen-bond acceptors (Lipinski definition) is 4. The third-order valence-corrected chi connectivity index (χ3v) is 2.04. The smallest absolute Gasteiger partial charge is 0.305 e. The summed E-state index contributed by atoms with van der Waals surface area (Å²) in [6, 6.07) is -1.30. The topological polar surface area (TPSA) is 130 Å². The van der Waals surface area contributed by atoms with E-state index in [4.69, 9.17) is 10.8 Å². The van der Waals surface area contributed by atoms with Crippen LogP contribution in [0.1, 0.15) is 26.7 Å². The maximum atomic E-state index is 11.4. The van der Waals surface area contributed by atoms with Crippen LogP contribution in [0.4, 0.5) is 0 Å². The average molecular weight is 246 g/mol. The molecule has 17 heavy (non-hydrogen) atoms. The molecule has 2 amide bonds. The highest BCUT2D eigenvalue weighted by atomic mass is 16.4. The Balaban J connectivity index is 4.39. The minimum absolute atomic E-state index is 0.0993. The number of aliphatic carboxylic acids is 1. The van der Waals surface area contributed by atoms with Gasteiger partial charge < -0.3 is 21.3 Å². The first kappa shape index (κ1) is 15.4. The fourth-order valence-electron chi connectivity index (χ4n) is 1.22. The maximum Gasteiger partial charge on any atom is 0.305 e. The van der Waals surface area contributed by atoms with Crippen LogP contribution < -0.4 is 11.1 Å². The van der Waals surface area contributed by atoms with E-state index in [2.05, 4.69) is 5.32 Å². The summed E-state index contributed by atoms with van der Waals surface area (Å²) in [4.78, 5) is 32.7. The molecule has 2 atom stereocenters. The second kappa shape index (κ2) is 6.85. The first-order valence-electron chi connectivity index (χ1n) is 5.23. The van der Waals surface area contributed by atoms with Crippen LogP contribution in [-0.2, 0) is 14.4 Å². The highest BCUT2D eigenvalue weighted by Crippen LogP contribution is 2.05. The van der Waals surface area contributed by atoms with Crippen LogP contribution >= 0.6 is 0 Å². The van der Waals surface area contributed by atoms with Crippen LogP contribution in [0.15, 0.2) is 0 Å². The lowest BCUT2D eigenvalue weighted by atomic mass is 10.0. The normalized spacial score (nSPS) is 14.1. The number of nitrogens with one attached hydrogen (secondary N) is 1. The molecule has 7 heteroatoms. The lowest BCUT2D eigenvalue weighted by Crippen LogP contribution is -2.49. The molecule has 7 nitrogen and oxygen atoms in total. The minimum atomic E-state index is -1.30. The number of primary amides is 1. The largest absolute Gasteiger partial charge is 0.481 e. The number of carbonyl (C=O) groups is 3. The molecule has 0 aliphatic carbocycles. The van der Waals surface area contributed by atoms with Gasteiger partial charge in [0, 0.05) is 0 Å². The molecule has 0 bridgehead atoms. The summed E-state index contributed by atoms with van der Waals surface area (Å²) in [5.74, 6) is -2.89. The molecule has 0 saturated heterocycles. The number of aliphatic hydroxyl groups is 1. The van der Waals surface area contributed by atoms with Crippen molar-refractivity contribution in [2.24, 2.45) is 11.7 Å². The van der Waals surface area contributed by atoms with Crippen LogP contribution in [-0.4, -0.2) is 40.1 Å². The van der Waals surface area contributed by atoms with E-state index in [0.717, 1.165) is 0 Å². The van der Waals surface area contributed by atoms with Crippen molar-refractivity contribution in [2.45, 2.75) is 38.8 Å². The third-order valence-electron chi connectivity index (χ3n) is 2.04. The van der Waals surface area contributed by atoms with Crippen molar-refractivity contribution < 1.29 is 24.6 Å². The third kappa shape index (κ3) is 6.52. The number of nitrogens with two attached hydrogens (primary N) is 1. The van der Waals surface area contributed by atoms with Crippen molar-refractivity contribution in [1.82, 2.24) is 5.32 Å². The van der Waals surface area contributed by atoms with Gasteiger partial charge in [-0.15, -0.1) is 0 Å². The van der Waals surface area contributed by atoms with Crippen molar-refractivity contribution in [3.63, 3.8) is 0 Å². The van der Waals surface area contributed by atoms with E-state index in [9.17, 15) is 19.5 Å². The zero-order chi connectivity index (χ0) is 13.6. The Morgan fingerprint density at radius 3 is 2.18 bits per heavy atom. The van der Waals surface area contributed by atoms with E-state index in [0.29, 0.717) is 0 Å². The summed E-state index contributed by atoms with van der Waals surface area (Å²) in [5.41, 5.74) is 4.94. The molecule has 0 aromatic carbocycles. The van der Waals surface area contributed by atoms with Crippen LogP contribution in [0.25, 0.3) is 0 Å². The van der Waals surface area contributed by atoms with Gasteiger partial charge in [-0.2, -0.15) is 0 Å². The first-order valence-corrected chi connectivity index (χ1v) is 5.23. The molecule has 0 radical (unpaired) electrons. The Morgan fingerprint density at radius 1 is 1.29 bits per heavy atom. The highest BCUT2D eigenvalue weighted by Gasteiger charge is 2.25. The average Bonchev–Trinajstić information content (AvgIpc) is 2.14. The Labute approximate surface area is 99.0 Å². The Hall–Kier alpha value is -1.63. The lowest BCUT2D eigenvalue weighted by Gasteiger charge is -2.17. The lowest BCUT2D eigenvalue weighted by molar-refractivity contribution is -0.141. The zero-order valence-corrected chi connectivity index (χ0v) is 9.84. The molecule has 98 valence electrons. The van der Waals surface area contributed by atoms with Gasteiger partial charge in [0.05, 0.1) is 6.42 Å². The van der Waals surface area contributed by atoms with Gasteiger partial charge in [-0.05, 0) is 12.3 Å². The van der Waals surface area contributed by atoms with E-state index >= 15 is 0 Å². The number of rotatable bonds is 7. The molecule has 0 aliphatic rings. The molecule has 5 N–H and O–H groups in total. The fraction of sp³-hybridized carbons (Fsp3) is 0.700. The van der Waals surface area contributed by atoms with Crippen LogP contribution in [0.5, 0.6) is 0 Å². The van der Waals surface area contributed by atoms with E-state index in [-0.39, 0.29) is 12.3 Å². The number of carboxylic acid groups (broad SMARTS) is 1. The van der Waals surface area contributed by atoms with Gasteiger partial charge in [0.1, 0.15) is 12.1 Å². The Bertz CT molecular complexity index is 303. The van der Waals surface area contributed by atoms with Gasteiger partial charge in [-0.25, -0.2) is 0 Å². The SMILES string of the molecule is CC(C)C[C@@H](O)C(=O)N[C@@H](CC(=O)O)C(N)=O. The summed E-state index contributed by atoms with van der Waals surface area (Å²) in [6.45, 7) is 3.64. The van der Waals surface area contributed by atoms with Crippen LogP contribution in [0.2, 0.25) is 0 Å². The summed E-state index contributed by atoms with van der Waals surface area (Å²) >= 11 is 0. The number of carboxylic acids is 1. The fourth-order valence-corrected chi connectivity index (χ4v) is 1.22. The maximum absolute atomic E-state index is 11.4. The van der Waals surface area contributed by atoms with Crippen molar-refractivity contribution in [3.8, 4) is 0 Å². The Morgan fingerprint density at radius 2 is 1.82 bits per heavy atom. The molecule has 0 spiro atoms. The molecule has 0 aromatic rings. The van der Waals surface area contributed by atoms with Crippen molar-refractivity contribution in [3.05, 3.63) is 0 Å². The molecule has 0 saturated carbocycles. The second-order valence-electron chi connectivity index (χ2n) is 4.21. The number of aliphatic hydroxyl groups excluding tert-OH is 1. The molecular formula is C10H18N2O5. The summed E-state index contributed by atoms with van der Waals surface area (Å²) in [6.07, 6.45) is -1.65. The van der Waals surface area contributed by atoms with E-state index in [1.165, 1.54) is 0 Å². The molecule has 0 heterocycles. The van der Waals surface area contributed by atoms with E-state index in [1.54, 1.807) is 0 Å². The van der Waals surface area contributed by atoms with Crippen molar-refractivity contribution in [1.29, 1.82) is 0 Å². The number of carbonyl (C=O) groups excluding carboxylic acids is 2. The molecule has 0 aliphatic heterocycles. The van der Waals surface area contributed by atoms with Gasteiger partial charge in [-0.1, -0.05) is 13.8 Å². The van der Waals surface area contributed by atoms with Crippen LogP contribution in [0, 0.1) is 5.92 Å². The molecule has 0 fully saturated rings. The van der Waals surface area contributed by atoms with Gasteiger partial charge in [0.15, 0.2) is 0 Å². The monoisotopic (exact) mass is 246 g/mol. The Kier molecular flexibility index (Phi) is 6.19. The predicted molar refractivity (Wildman–Crippen MR) is 58.8 cm³/mol. The second-order valence-corrected chi connectivity index (χ2v) is 4.21. The van der Waals surface area contributed by atoms with Crippen molar-refractivity contribution in [2.75, 3.05) is 0 Å². The quantitative estimate of drug-likeness (QED) is 0.450. The number of hydrogen-bond donors (Lipinski definition) is 4. The summed E-state index contributed by atoms with van der Waals surface area (Å²) in [7, 11) is 0. The summed E-state index contributed by atoms with van der Waals surface area (Å²) in [5, 5.41) is 20.1. The standard InChI is InChI=1S/C10H18N2O5/c1-5(2)3-7(13)10(17)12-6(9(11)16)4-8(14)15/h5-7,13H,3-4H2,1-2H3,(H2,11,16)(H,12,17)(H,14,15)/t6-,7+/m0/s1. The van der Waals surface area contributed by atoms with Crippen LogP contribution in [0.3, 0.4) is 0 Å². The van der Waals surface area contributed by atoms with E-state index < -0.39 is 36.4 Å². The predicted octanol–water partition coefficient (Wildman–Crippen LogP) is -1.16. The van der Waals surface area contributed by atoms with Gasteiger partial charge in [0.2, 0.25) is 11.8 Å². The van der Waals surface area contributed by atoms with E-state index in [1.807, 2.05) is 13.8 Å². The molecule has 0 rings (SSSR count). The highest BCUT2D eigenvalue weighted by molar-refractivity contribution is 5.90. The van der Waals surface area contributed by atoms with Gasteiger partial charge in [-0.3, -0.25) is 14.4 Å². The van der Waals surface area contributed by atoms with Crippen molar-refractivity contribution >= 4 is 17.8 Å². The molecule has 0 unspecified atom stereocenters. The molecular weight excluding hydrogens is 228 g/mol. The first-order chi connectivity index (χ1) is 7.73. The number of amides is 2. The zero-order valence-electron chi connectivity index (χ0n) is 9.84. The summed E-state index contributed by atoms with van der Waals surface area (Å²) < 4.78 is 0. The van der Waals surface area contributed by atoms with Gasteiger partial charge >= 0.3 is 5.97 Å². The van der Waals surface area contributed by atoms with Gasteiger partial charge in [0.25, 0.3) is 0 Å². The minimum Gasteiger partial charge on any atom is -0.481 e.